The summed E-state index contributed by atoms with van der Waals surface area (Å²) in [7, 11) is -2.67. The van der Waals surface area contributed by atoms with Gasteiger partial charge < -0.3 is 44.3 Å². The van der Waals surface area contributed by atoms with Gasteiger partial charge in [-0.1, -0.05) is 29.8 Å². The maximum absolute atomic E-state index is 15.3. The molecule has 0 spiro atoms. The number of anilines is 1. The first-order chi connectivity index (χ1) is 31.3. The van der Waals surface area contributed by atoms with Gasteiger partial charge in [-0.25, -0.2) is 23.5 Å². The molecule has 4 aromatic rings. The van der Waals surface area contributed by atoms with E-state index in [0.29, 0.717) is 45.3 Å². The van der Waals surface area contributed by atoms with Gasteiger partial charge in [0.15, 0.2) is 5.13 Å². The van der Waals surface area contributed by atoms with Gasteiger partial charge in [0.05, 0.1) is 44.2 Å². The van der Waals surface area contributed by atoms with E-state index < -0.39 is 83.6 Å². The Kier molecular flexibility index (Phi) is 15.0. The number of amides is 3. The molecule has 2 aromatic heterocycles. The predicted octanol–water partition coefficient (Wildman–Crippen LogP) is 9.07. The second-order valence-corrected chi connectivity index (χ2v) is 21.8. The lowest BCUT2D eigenvalue weighted by Gasteiger charge is -2.33. The van der Waals surface area contributed by atoms with Gasteiger partial charge in [0, 0.05) is 41.5 Å². The van der Waals surface area contributed by atoms with Gasteiger partial charge in [-0.3, -0.25) is 14.2 Å². The van der Waals surface area contributed by atoms with Crippen LogP contribution >= 0.6 is 30.3 Å². The van der Waals surface area contributed by atoms with Crippen LogP contribution < -0.4 is 25.4 Å². The second-order valence-electron chi connectivity index (χ2n) is 17.8. The molecule has 7 rings (SSSR count). The molecule has 66 heavy (non-hydrogen) atoms. The lowest BCUT2D eigenvalue weighted by atomic mass is 10.1. The number of benzene rings is 2. The molecule has 0 bridgehead atoms. The number of fused-ring (bicyclic) bond motifs is 3. The number of hydrogen-bond donors (Lipinski definition) is 3. The maximum atomic E-state index is 15.3. The summed E-state index contributed by atoms with van der Waals surface area (Å²) in [6, 6.07) is 6.22. The minimum atomic E-state index is -4.16. The number of halogens is 3. The number of rotatable bonds is 12. The normalized spacial score (nSPS) is 24.0. The molecule has 4 heterocycles. The number of ether oxygens (including phenoxy) is 4. The summed E-state index contributed by atoms with van der Waals surface area (Å²) in [5.41, 5.74) is 0.0587. The van der Waals surface area contributed by atoms with Crippen LogP contribution in [-0.4, -0.2) is 101 Å². The quantitative estimate of drug-likeness (QED) is 0.0907. The Bertz CT molecular complexity index is 2520. The Morgan fingerprint density at radius 2 is 1.88 bits per heavy atom. The lowest BCUT2D eigenvalue weighted by Crippen LogP contribution is -2.55. The number of methoxy groups -OCH3 is 1. The largest absolute Gasteiger partial charge is 0.495 e. The first kappa shape index (κ1) is 49.0. The van der Waals surface area contributed by atoms with Gasteiger partial charge in [0.25, 0.3) is 0 Å². The van der Waals surface area contributed by atoms with Gasteiger partial charge in [-0.2, -0.15) is 0 Å². The van der Waals surface area contributed by atoms with Crippen LogP contribution in [0.25, 0.3) is 22.3 Å². The fraction of sp³-hybridized carbons (Fsp3) is 0.500. The molecule has 1 saturated heterocycles. The Morgan fingerprint density at radius 3 is 2.58 bits per heavy atom. The highest BCUT2D eigenvalue weighted by atomic mass is 35.5. The number of nitrogens with one attached hydrogen (secondary N) is 3. The topological polar surface area (TPSA) is 180 Å². The summed E-state index contributed by atoms with van der Waals surface area (Å²) in [5.74, 6) is -2.84. The first-order valence-corrected chi connectivity index (χ1v) is 25.0. The van der Waals surface area contributed by atoms with Crippen LogP contribution in [0, 0.1) is 17.6 Å². The van der Waals surface area contributed by atoms with Crippen molar-refractivity contribution in [3.63, 3.8) is 0 Å². The average molecular weight is 973 g/mol. The van der Waals surface area contributed by atoms with Crippen LogP contribution in [-0.2, 0) is 34.3 Å². The highest BCUT2D eigenvalue weighted by Crippen LogP contribution is 2.74. The van der Waals surface area contributed by atoms with Crippen molar-refractivity contribution in [2.75, 3.05) is 38.8 Å². The van der Waals surface area contributed by atoms with Crippen LogP contribution in [0.2, 0.25) is 5.02 Å². The summed E-state index contributed by atoms with van der Waals surface area (Å²) in [5, 5.41) is 10.8. The number of alkyl carbamates (subject to hydrolysis) is 1. The van der Waals surface area contributed by atoms with Crippen LogP contribution in [0.4, 0.5) is 18.7 Å². The van der Waals surface area contributed by atoms with Gasteiger partial charge in [-0.05, 0) is 91.0 Å². The number of thiazole rings is 1. The standard InChI is InChI=1S/C46H56ClF2N6O9PS/c1-8-62-65(59,24-30-31(48)12-11-13-32(30)49)46-22-27(46)17-19-61-18-10-9-14-33(53-44(58)64-45(4,5)6)42(57)55-23-28(20-36(55)41(56)54-46)63-38-21-34(35-25-66-43(52-35)50-26(2)3)51-40-29(38)15-16-37(60-7)39(40)47/h9-13,15-16,21,25-28,33,36H,8,14,17-20,22-24H2,1-7H3,(H,50,52)(H,53,58)(H,54,56)/b10-9+/t27-,28-,33?,36+,46+,65?/m1/s1. The van der Waals surface area contributed by atoms with E-state index >= 15 is 18.1 Å². The van der Waals surface area contributed by atoms with Crippen LogP contribution in [0.15, 0.2) is 53.9 Å². The van der Waals surface area contributed by atoms with E-state index in [1.165, 1.54) is 29.4 Å². The third kappa shape index (κ3) is 10.8. The highest BCUT2D eigenvalue weighted by molar-refractivity contribution is 7.60. The maximum Gasteiger partial charge on any atom is 0.408 e. The molecule has 2 aliphatic heterocycles. The summed E-state index contributed by atoms with van der Waals surface area (Å²) >= 11 is 8.28. The van der Waals surface area contributed by atoms with E-state index in [9.17, 15) is 9.59 Å². The van der Waals surface area contributed by atoms with Crippen molar-refractivity contribution >= 4 is 64.2 Å². The zero-order valence-corrected chi connectivity index (χ0v) is 40.4. The van der Waals surface area contributed by atoms with Crippen LogP contribution in [0.1, 0.15) is 72.8 Å². The van der Waals surface area contributed by atoms with Gasteiger partial charge >= 0.3 is 6.09 Å². The molecule has 2 aromatic carbocycles. The fourth-order valence-electron chi connectivity index (χ4n) is 8.41. The average Bonchev–Trinajstić information content (AvgIpc) is 3.51. The van der Waals surface area contributed by atoms with Crippen molar-refractivity contribution in [2.24, 2.45) is 5.92 Å². The number of carbonyl (C=O) groups excluding carboxylic acids is 3. The minimum Gasteiger partial charge on any atom is -0.495 e. The third-order valence-corrected chi connectivity index (χ3v) is 15.9. The molecule has 2 unspecified atom stereocenters. The van der Waals surface area contributed by atoms with Crippen molar-refractivity contribution in [3.05, 3.63) is 76.2 Å². The molecule has 356 valence electrons. The molecule has 3 N–H and O–H groups in total. The lowest BCUT2D eigenvalue weighted by molar-refractivity contribution is -0.140. The number of nitrogens with zero attached hydrogens (tertiary/aromatic N) is 3. The minimum absolute atomic E-state index is 0.0259. The van der Waals surface area contributed by atoms with Crippen molar-refractivity contribution in [1.29, 1.82) is 0 Å². The van der Waals surface area contributed by atoms with E-state index in [1.807, 2.05) is 19.2 Å². The second kappa shape index (κ2) is 20.2. The SMILES string of the molecule is CCOP(=O)(Cc1c(F)cccc1F)[C@@]12C[C@H]1CCOC/C=C/CC(NC(=O)OC(C)(C)C)C(=O)N1C[C@H](Oc3cc(-c4csc(NC(C)C)n4)nc4c(Cl)c(OC)ccc34)C[C@H]1C(=O)N2. The zero-order valence-electron chi connectivity index (χ0n) is 38.0. The smallest absolute Gasteiger partial charge is 0.408 e. The summed E-state index contributed by atoms with van der Waals surface area (Å²) in [6.07, 6.45) is 1.59. The van der Waals surface area contributed by atoms with E-state index in [-0.39, 0.29) is 56.7 Å². The van der Waals surface area contributed by atoms with E-state index in [0.717, 1.165) is 12.1 Å². The molecule has 3 amide bonds. The molecule has 2 fully saturated rings. The first-order valence-electron chi connectivity index (χ1n) is 21.9. The Labute approximate surface area is 391 Å². The van der Waals surface area contributed by atoms with Crippen molar-refractivity contribution in [2.45, 2.75) is 108 Å². The highest BCUT2D eigenvalue weighted by Gasteiger charge is 2.67. The number of aromatic nitrogens is 2. The van der Waals surface area contributed by atoms with Crippen LogP contribution in [0.3, 0.4) is 0 Å². The molecule has 0 radical (unpaired) electrons. The van der Waals surface area contributed by atoms with Gasteiger partial charge in [0.1, 0.15) is 62.9 Å². The predicted molar refractivity (Wildman–Crippen MR) is 248 cm³/mol. The van der Waals surface area contributed by atoms with Gasteiger partial charge in [-0.15, -0.1) is 11.3 Å². The molecule has 3 aliphatic rings. The summed E-state index contributed by atoms with van der Waals surface area (Å²) in [6.45, 7) is 10.9. The Balaban J connectivity index is 1.29. The van der Waals surface area contributed by atoms with E-state index in [4.69, 9.17) is 45.0 Å². The number of hydrogen-bond acceptors (Lipinski definition) is 13. The fourth-order valence-corrected chi connectivity index (χ4v) is 12.8. The van der Waals surface area contributed by atoms with Crippen LogP contribution in [0.5, 0.6) is 11.5 Å². The molecule has 20 heteroatoms. The molecule has 6 atom stereocenters. The van der Waals surface area contributed by atoms with E-state index in [2.05, 4.69) is 16.0 Å². The number of carbonyl (C=O) groups is 3. The van der Waals surface area contributed by atoms with E-state index in [1.54, 1.807) is 58.0 Å². The molecule has 1 aliphatic carbocycles. The Hall–Kier alpha value is -4.87. The van der Waals surface area contributed by atoms with Crippen molar-refractivity contribution in [3.8, 4) is 22.9 Å². The van der Waals surface area contributed by atoms with Crippen molar-refractivity contribution < 1.29 is 51.2 Å². The monoisotopic (exact) mass is 972 g/mol. The molecular formula is C46H56ClF2N6O9PS. The summed E-state index contributed by atoms with van der Waals surface area (Å²) < 4.78 is 75.4. The third-order valence-electron chi connectivity index (χ3n) is 11.5. The molecule has 1 saturated carbocycles. The molecular weight excluding hydrogens is 917 g/mol. The summed E-state index contributed by atoms with van der Waals surface area (Å²) in [4.78, 5) is 54.1. The Morgan fingerprint density at radius 1 is 1.12 bits per heavy atom. The van der Waals surface area contributed by atoms with Gasteiger partial charge in [0.2, 0.25) is 19.2 Å². The number of pyridine rings is 1. The van der Waals surface area contributed by atoms with Crippen molar-refractivity contribution in [1.82, 2.24) is 25.5 Å². The zero-order chi connectivity index (χ0) is 47.6. The molecule has 15 nitrogen and oxygen atoms in total.